The van der Waals surface area contributed by atoms with Gasteiger partial charge in [0.25, 0.3) is 11.8 Å². The van der Waals surface area contributed by atoms with E-state index in [9.17, 15) is 19.2 Å². The van der Waals surface area contributed by atoms with Crippen molar-refractivity contribution >= 4 is 35.0 Å². The van der Waals surface area contributed by atoms with E-state index in [-0.39, 0.29) is 23.6 Å². The summed E-state index contributed by atoms with van der Waals surface area (Å²) in [7, 11) is 0. The van der Waals surface area contributed by atoms with E-state index < -0.39 is 0 Å². The third kappa shape index (κ3) is 10.8. The Morgan fingerprint density at radius 3 is 1.14 bits per heavy atom. The number of nitrogens with one attached hydrogen (secondary N) is 2. The van der Waals surface area contributed by atoms with Crippen molar-refractivity contribution < 1.29 is 19.2 Å². The number of hydrogen-bond donors (Lipinski definition) is 2. The van der Waals surface area contributed by atoms with Crippen molar-refractivity contribution in [2.45, 2.75) is 96.3 Å². The molecule has 2 heterocycles. The monoisotopic (exact) mass is 588 g/mol. The molecule has 0 saturated carbocycles. The van der Waals surface area contributed by atoms with Gasteiger partial charge in [0, 0.05) is 61.5 Å². The SMILES string of the molecule is O=C(CCCCCCCC(=O)Nc1ccc(C(=O)N2CCCCCC2)cc1)Nc1ccc(C(=O)N2CCCCCC2)cc1. The minimum absolute atomic E-state index is 0.0230. The number of nitrogens with zero attached hydrogens (tertiary/aromatic N) is 2. The van der Waals surface area contributed by atoms with Crippen molar-refractivity contribution in [2.75, 3.05) is 36.8 Å². The lowest BCUT2D eigenvalue weighted by Gasteiger charge is -2.20. The van der Waals surface area contributed by atoms with Gasteiger partial charge in [0.2, 0.25) is 11.8 Å². The highest BCUT2D eigenvalue weighted by Crippen LogP contribution is 2.18. The van der Waals surface area contributed by atoms with E-state index in [0.29, 0.717) is 35.3 Å². The second kappa shape index (κ2) is 17.4. The maximum atomic E-state index is 12.7. The molecule has 2 aromatic rings. The number of benzene rings is 2. The third-order valence-electron chi connectivity index (χ3n) is 8.43. The van der Waals surface area contributed by atoms with Crippen LogP contribution < -0.4 is 10.6 Å². The van der Waals surface area contributed by atoms with Crippen LogP contribution in [0.25, 0.3) is 0 Å². The number of unbranched alkanes of at least 4 members (excludes halogenated alkanes) is 4. The second-order valence-corrected chi connectivity index (χ2v) is 11.9. The second-order valence-electron chi connectivity index (χ2n) is 11.9. The molecular weight excluding hydrogens is 540 g/mol. The van der Waals surface area contributed by atoms with Crippen LogP contribution in [0.2, 0.25) is 0 Å². The quantitative estimate of drug-likeness (QED) is 0.260. The van der Waals surface area contributed by atoms with E-state index >= 15 is 0 Å². The molecule has 232 valence electrons. The van der Waals surface area contributed by atoms with Crippen LogP contribution in [0.15, 0.2) is 48.5 Å². The van der Waals surface area contributed by atoms with Crippen LogP contribution in [0.3, 0.4) is 0 Å². The van der Waals surface area contributed by atoms with Crippen LogP contribution in [0.4, 0.5) is 11.4 Å². The number of rotatable bonds is 12. The van der Waals surface area contributed by atoms with Crippen molar-refractivity contribution in [3.8, 4) is 0 Å². The van der Waals surface area contributed by atoms with E-state index in [1.54, 1.807) is 48.5 Å². The Morgan fingerprint density at radius 1 is 0.465 bits per heavy atom. The zero-order valence-electron chi connectivity index (χ0n) is 25.6. The summed E-state index contributed by atoms with van der Waals surface area (Å²) < 4.78 is 0. The molecule has 0 atom stereocenters. The van der Waals surface area contributed by atoms with Gasteiger partial charge in [-0.15, -0.1) is 0 Å². The van der Waals surface area contributed by atoms with Gasteiger partial charge in [-0.05, 0) is 87.1 Å². The lowest BCUT2D eigenvalue weighted by atomic mass is 10.1. The molecule has 4 amide bonds. The van der Waals surface area contributed by atoms with Gasteiger partial charge in [0.15, 0.2) is 0 Å². The van der Waals surface area contributed by atoms with Crippen molar-refractivity contribution in [2.24, 2.45) is 0 Å². The molecule has 0 spiro atoms. The summed E-state index contributed by atoms with van der Waals surface area (Å²) in [5.74, 6) is 0.0974. The molecule has 2 saturated heterocycles. The first-order valence-electron chi connectivity index (χ1n) is 16.4. The summed E-state index contributed by atoms with van der Waals surface area (Å²) in [5.41, 5.74) is 2.76. The first-order valence-corrected chi connectivity index (χ1v) is 16.4. The van der Waals surface area contributed by atoms with Gasteiger partial charge in [-0.3, -0.25) is 19.2 Å². The Kier molecular flexibility index (Phi) is 13.1. The lowest BCUT2D eigenvalue weighted by Crippen LogP contribution is -2.31. The van der Waals surface area contributed by atoms with Crippen LogP contribution >= 0.6 is 0 Å². The smallest absolute Gasteiger partial charge is 0.253 e. The molecule has 0 aromatic heterocycles. The zero-order chi connectivity index (χ0) is 30.3. The molecule has 0 radical (unpaired) electrons. The minimum atomic E-state index is -0.0230. The Morgan fingerprint density at radius 2 is 0.791 bits per heavy atom. The van der Waals surface area contributed by atoms with Crippen LogP contribution in [-0.4, -0.2) is 59.6 Å². The molecule has 8 nitrogen and oxygen atoms in total. The lowest BCUT2D eigenvalue weighted by molar-refractivity contribution is -0.117. The maximum absolute atomic E-state index is 12.7. The largest absolute Gasteiger partial charge is 0.339 e. The number of amides is 4. The predicted octanol–water partition coefficient (Wildman–Crippen LogP) is 7.03. The summed E-state index contributed by atoms with van der Waals surface area (Å²) in [6.07, 6.45) is 14.3. The van der Waals surface area contributed by atoms with E-state index in [1.807, 2.05) is 9.80 Å². The van der Waals surface area contributed by atoms with Crippen LogP contribution in [-0.2, 0) is 9.59 Å². The summed E-state index contributed by atoms with van der Waals surface area (Å²) in [4.78, 5) is 54.1. The molecule has 2 aliphatic rings. The molecule has 0 aliphatic carbocycles. The normalized spacial score (nSPS) is 15.7. The van der Waals surface area contributed by atoms with Crippen molar-refractivity contribution in [1.29, 1.82) is 0 Å². The summed E-state index contributed by atoms with van der Waals surface area (Å²) in [5, 5.41) is 5.86. The molecule has 43 heavy (non-hydrogen) atoms. The molecule has 2 aliphatic heterocycles. The van der Waals surface area contributed by atoms with Crippen LogP contribution in [0, 0.1) is 0 Å². The minimum Gasteiger partial charge on any atom is -0.339 e. The molecule has 4 rings (SSSR count). The fourth-order valence-corrected chi connectivity index (χ4v) is 5.85. The number of carbonyl (C=O) groups is 4. The highest BCUT2D eigenvalue weighted by molar-refractivity contribution is 5.96. The fourth-order valence-electron chi connectivity index (χ4n) is 5.85. The van der Waals surface area contributed by atoms with Gasteiger partial charge in [0.1, 0.15) is 0 Å². The number of hydrogen-bond acceptors (Lipinski definition) is 4. The number of anilines is 2. The molecule has 8 heteroatoms. The van der Waals surface area contributed by atoms with E-state index in [2.05, 4.69) is 10.6 Å². The molecule has 2 fully saturated rings. The zero-order valence-corrected chi connectivity index (χ0v) is 25.6. The average molecular weight is 589 g/mol. The highest BCUT2D eigenvalue weighted by Gasteiger charge is 2.18. The molecule has 0 unspecified atom stereocenters. The molecular formula is C35H48N4O4. The topological polar surface area (TPSA) is 98.8 Å². The molecule has 0 bridgehead atoms. The van der Waals surface area contributed by atoms with Crippen molar-refractivity contribution in [3.05, 3.63) is 59.7 Å². The fraction of sp³-hybridized carbons (Fsp3) is 0.543. The Bertz CT molecular complexity index is 1090. The maximum Gasteiger partial charge on any atom is 0.253 e. The Hall–Kier alpha value is -3.68. The summed E-state index contributed by atoms with van der Waals surface area (Å²) in [6.45, 7) is 3.29. The van der Waals surface area contributed by atoms with E-state index in [4.69, 9.17) is 0 Å². The molecule has 2 N–H and O–H groups in total. The van der Waals surface area contributed by atoms with E-state index in [0.717, 1.165) is 84.0 Å². The summed E-state index contributed by atoms with van der Waals surface area (Å²) in [6, 6.07) is 14.4. The van der Waals surface area contributed by atoms with E-state index in [1.165, 1.54) is 25.7 Å². The van der Waals surface area contributed by atoms with Crippen molar-refractivity contribution in [1.82, 2.24) is 9.80 Å². The third-order valence-corrected chi connectivity index (χ3v) is 8.43. The number of likely N-dealkylation sites (tertiary alicyclic amines) is 2. The predicted molar refractivity (Wildman–Crippen MR) is 171 cm³/mol. The van der Waals surface area contributed by atoms with Crippen LogP contribution in [0.1, 0.15) is 117 Å². The van der Waals surface area contributed by atoms with Crippen LogP contribution in [0.5, 0.6) is 0 Å². The van der Waals surface area contributed by atoms with Gasteiger partial charge in [0.05, 0.1) is 0 Å². The van der Waals surface area contributed by atoms with Gasteiger partial charge in [-0.2, -0.15) is 0 Å². The highest BCUT2D eigenvalue weighted by atomic mass is 16.2. The number of carbonyl (C=O) groups excluding carboxylic acids is 4. The van der Waals surface area contributed by atoms with Crippen molar-refractivity contribution in [3.63, 3.8) is 0 Å². The average Bonchev–Trinajstić information content (AvgIpc) is 3.47. The summed E-state index contributed by atoms with van der Waals surface area (Å²) >= 11 is 0. The standard InChI is InChI=1S/C35H48N4O4/c40-32(36-30-20-16-28(17-21-30)34(42)38-24-10-4-5-11-25-38)14-8-2-1-3-9-15-33(41)37-31-22-18-29(19-23-31)35(43)39-26-12-6-7-13-27-39/h16-23H,1-15,24-27H2,(H,36,40)(H,37,41). The van der Waals surface area contributed by atoms with Gasteiger partial charge in [-0.25, -0.2) is 0 Å². The Labute approximate surface area is 256 Å². The van der Waals surface area contributed by atoms with Gasteiger partial charge >= 0.3 is 0 Å². The van der Waals surface area contributed by atoms with Gasteiger partial charge in [-0.1, -0.05) is 44.9 Å². The first kappa shape index (κ1) is 32.2. The van der Waals surface area contributed by atoms with Gasteiger partial charge < -0.3 is 20.4 Å². The Balaban J connectivity index is 1.05. The molecule has 2 aromatic carbocycles. The first-order chi connectivity index (χ1) is 21.0.